The van der Waals surface area contributed by atoms with Crippen LogP contribution in [0.2, 0.25) is 5.02 Å². The van der Waals surface area contributed by atoms with Gasteiger partial charge in [-0.1, -0.05) is 41.4 Å². The lowest BCUT2D eigenvalue weighted by Gasteiger charge is -2.12. The second-order valence-electron chi connectivity index (χ2n) is 5.89. The lowest BCUT2D eigenvalue weighted by molar-refractivity contribution is -0.120. The molecule has 1 N–H and O–H groups in total. The van der Waals surface area contributed by atoms with Crippen LogP contribution in [0.5, 0.6) is 11.5 Å². The second-order valence-corrected chi connectivity index (χ2v) is 6.30. The van der Waals surface area contributed by atoms with E-state index in [9.17, 15) is 4.79 Å². The number of hydrogen-bond donors (Lipinski definition) is 1. The number of nitrogens with one attached hydrogen (secondary N) is 1. The Kier molecular flexibility index (Phi) is 5.26. The van der Waals surface area contributed by atoms with E-state index in [1.54, 1.807) is 6.07 Å². The van der Waals surface area contributed by atoms with Crippen LogP contribution in [0.1, 0.15) is 23.1 Å². The summed E-state index contributed by atoms with van der Waals surface area (Å²) in [6.07, 6.45) is 1.19. The maximum Gasteiger partial charge on any atom is 0.224 e. The minimum atomic E-state index is -0.0258. The average Bonchev–Trinajstić information content (AvgIpc) is 2.81. The van der Waals surface area contributed by atoms with Crippen molar-refractivity contribution in [2.75, 3.05) is 13.2 Å². The Morgan fingerprint density at radius 1 is 1.12 bits per heavy atom. The molecule has 1 aliphatic heterocycles. The van der Waals surface area contributed by atoms with E-state index in [-0.39, 0.29) is 5.91 Å². The summed E-state index contributed by atoms with van der Waals surface area (Å²) in [5.41, 5.74) is 3.07. The Bertz CT molecular complexity index is 728. The molecule has 0 spiro atoms. The Balaban J connectivity index is 1.62. The quantitative estimate of drug-likeness (QED) is 0.919. The van der Waals surface area contributed by atoms with E-state index in [0.29, 0.717) is 42.7 Å². The van der Waals surface area contributed by atoms with Crippen LogP contribution < -0.4 is 14.8 Å². The van der Waals surface area contributed by atoms with E-state index in [1.807, 2.05) is 37.3 Å². The molecule has 1 aliphatic rings. The first kappa shape index (κ1) is 16.7. The van der Waals surface area contributed by atoms with E-state index >= 15 is 0 Å². The molecular formula is C19H20ClNO3. The summed E-state index contributed by atoms with van der Waals surface area (Å²) in [5.74, 6) is 1.20. The van der Waals surface area contributed by atoms with Gasteiger partial charge in [0.25, 0.3) is 0 Å². The summed E-state index contributed by atoms with van der Waals surface area (Å²) in [6, 6.07) is 11.6. The Labute approximate surface area is 146 Å². The van der Waals surface area contributed by atoms with E-state index < -0.39 is 0 Å². The number of aryl methyl sites for hydroxylation is 1. The standard InChI is InChI=1S/C19H20ClNO3/c1-13-3-5-14(6-4-13)11-18(22)21-12-15-9-16(20)19-17(10-15)23-7-2-8-24-19/h3-6,9-10H,2,7-8,11-12H2,1H3,(H,21,22). The predicted octanol–water partition coefficient (Wildman–Crippen LogP) is 3.67. The molecule has 5 heteroatoms. The molecule has 1 heterocycles. The first-order valence-electron chi connectivity index (χ1n) is 8.02. The highest BCUT2D eigenvalue weighted by atomic mass is 35.5. The summed E-state index contributed by atoms with van der Waals surface area (Å²) in [7, 11) is 0. The zero-order valence-electron chi connectivity index (χ0n) is 13.6. The molecule has 0 saturated heterocycles. The summed E-state index contributed by atoms with van der Waals surface area (Å²) >= 11 is 6.26. The van der Waals surface area contributed by atoms with Gasteiger partial charge < -0.3 is 14.8 Å². The molecule has 0 bridgehead atoms. The van der Waals surface area contributed by atoms with Crippen molar-refractivity contribution >= 4 is 17.5 Å². The minimum Gasteiger partial charge on any atom is -0.489 e. The lowest BCUT2D eigenvalue weighted by Crippen LogP contribution is -2.24. The van der Waals surface area contributed by atoms with Gasteiger partial charge in [0, 0.05) is 13.0 Å². The monoisotopic (exact) mass is 345 g/mol. The van der Waals surface area contributed by atoms with Gasteiger partial charge in [-0.3, -0.25) is 4.79 Å². The van der Waals surface area contributed by atoms with Gasteiger partial charge in [0.2, 0.25) is 5.91 Å². The molecule has 0 aliphatic carbocycles. The number of ether oxygens (including phenoxy) is 2. The molecule has 24 heavy (non-hydrogen) atoms. The number of benzene rings is 2. The van der Waals surface area contributed by atoms with E-state index in [4.69, 9.17) is 21.1 Å². The van der Waals surface area contributed by atoms with Crippen molar-refractivity contribution in [3.05, 3.63) is 58.1 Å². The van der Waals surface area contributed by atoms with Crippen molar-refractivity contribution in [3.63, 3.8) is 0 Å². The molecule has 0 saturated carbocycles. The molecule has 3 rings (SSSR count). The molecular weight excluding hydrogens is 326 g/mol. The van der Waals surface area contributed by atoms with Crippen LogP contribution in [0.4, 0.5) is 0 Å². The number of hydrogen-bond acceptors (Lipinski definition) is 3. The summed E-state index contributed by atoms with van der Waals surface area (Å²) in [6.45, 7) is 3.63. The van der Waals surface area contributed by atoms with Crippen LogP contribution in [0.3, 0.4) is 0 Å². The van der Waals surface area contributed by atoms with Gasteiger partial charge in [0.05, 0.1) is 24.7 Å². The van der Waals surface area contributed by atoms with Crippen molar-refractivity contribution < 1.29 is 14.3 Å². The van der Waals surface area contributed by atoms with Gasteiger partial charge in [-0.2, -0.15) is 0 Å². The highest BCUT2D eigenvalue weighted by Gasteiger charge is 2.15. The zero-order valence-corrected chi connectivity index (χ0v) is 14.4. The van der Waals surface area contributed by atoms with Crippen LogP contribution in [0.15, 0.2) is 36.4 Å². The number of carbonyl (C=O) groups is 1. The number of amides is 1. The molecule has 126 valence electrons. The highest BCUT2D eigenvalue weighted by molar-refractivity contribution is 6.32. The SMILES string of the molecule is Cc1ccc(CC(=O)NCc2cc(Cl)c3c(c2)OCCCO3)cc1. The smallest absolute Gasteiger partial charge is 0.224 e. The molecule has 0 atom stereocenters. The van der Waals surface area contributed by atoms with Crippen molar-refractivity contribution in [2.24, 2.45) is 0 Å². The molecule has 0 fully saturated rings. The maximum absolute atomic E-state index is 12.1. The van der Waals surface area contributed by atoms with Gasteiger partial charge in [0.1, 0.15) is 0 Å². The lowest BCUT2D eigenvalue weighted by atomic mass is 10.1. The van der Waals surface area contributed by atoms with Gasteiger partial charge >= 0.3 is 0 Å². The van der Waals surface area contributed by atoms with Crippen LogP contribution in [-0.4, -0.2) is 19.1 Å². The van der Waals surface area contributed by atoms with E-state index in [0.717, 1.165) is 17.5 Å². The van der Waals surface area contributed by atoms with Crippen LogP contribution in [0, 0.1) is 6.92 Å². The van der Waals surface area contributed by atoms with Crippen LogP contribution >= 0.6 is 11.6 Å². The fourth-order valence-electron chi connectivity index (χ4n) is 2.54. The summed E-state index contributed by atoms with van der Waals surface area (Å²) < 4.78 is 11.3. The number of fused-ring (bicyclic) bond motifs is 1. The Morgan fingerprint density at radius 3 is 2.67 bits per heavy atom. The third kappa shape index (κ3) is 4.20. The van der Waals surface area contributed by atoms with Gasteiger partial charge in [-0.25, -0.2) is 0 Å². The number of halogens is 1. The predicted molar refractivity (Wildman–Crippen MR) is 93.8 cm³/mol. The largest absolute Gasteiger partial charge is 0.489 e. The van der Waals surface area contributed by atoms with E-state index in [2.05, 4.69) is 5.32 Å². The third-order valence-electron chi connectivity index (χ3n) is 3.84. The fourth-order valence-corrected chi connectivity index (χ4v) is 2.83. The average molecular weight is 346 g/mol. The molecule has 2 aromatic carbocycles. The van der Waals surface area contributed by atoms with Crippen LogP contribution in [-0.2, 0) is 17.8 Å². The topological polar surface area (TPSA) is 47.6 Å². The second kappa shape index (κ2) is 7.58. The summed E-state index contributed by atoms with van der Waals surface area (Å²) in [4.78, 5) is 12.1. The highest BCUT2D eigenvalue weighted by Crippen LogP contribution is 2.37. The van der Waals surface area contributed by atoms with Crippen molar-refractivity contribution in [1.29, 1.82) is 0 Å². The first-order chi connectivity index (χ1) is 11.6. The molecule has 0 aromatic heterocycles. The summed E-state index contributed by atoms with van der Waals surface area (Å²) in [5, 5.41) is 3.43. The third-order valence-corrected chi connectivity index (χ3v) is 4.12. The molecule has 2 aromatic rings. The van der Waals surface area contributed by atoms with Gasteiger partial charge in [-0.15, -0.1) is 0 Å². The number of carbonyl (C=O) groups excluding carboxylic acids is 1. The Morgan fingerprint density at radius 2 is 1.88 bits per heavy atom. The minimum absolute atomic E-state index is 0.0258. The van der Waals surface area contributed by atoms with Crippen molar-refractivity contribution in [3.8, 4) is 11.5 Å². The van der Waals surface area contributed by atoms with Gasteiger partial charge in [0.15, 0.2) is 11.5 Å². The fraction of sp³-hybridized carbons (Fsp3) is 0.316. The molecule has 0 radical (unpaired) electrons. The number of rotatable bonds is 4. The normalized spacial score (nSPS) is 13.2. The van der Waals surface area contributed by atoms with E-state index in [1.165, 1.54) is 5.56 Å². The first-order valence-corrected chi connectivity index (χ1v) is 8.40. The van der Waals surface area contributed by atoms with Crippen LogP contribution in [0.25, 0.3) is 0 Å². The molecule has 0 unspecified atom stereocenters. The Hall–Kier alpha value is -2.20. The van der Waals surface area contributed by atoms with Gasteiger partial charge in [-0.05, 0) is 30.2 Å². The molecule has 1 amide bonds. The zero-order chi connectivity index (χ0) is 16.9. The molecule has 4 nitrogen and oxygen atoms in total. The van der Waals surface area contributed by atoms with Crippen molar-refractivity contribution in [2.45, 2.75) is 26.3 Å². The van der Waals surface area contributed by atoms with Crippen molar-refractivity contribution in [1.82, 2.24) is 5.32 Å². The maximum atomic E-state index is 12.1.